The number of benzene rings is 1. The number of rotatable bonds is 4. The van der Waals surface area contributed by atoms with Gasteiger partial charge in [-0.1, -0.05) is 30.1 Å². The number of likely N-dealkylation sites (N-methyl/N-ethyl adjacent to an activating group) is 1. The lowest BCUT2D eigenvalue weighted by Crippen LogP contribution is -2.50. The van der Waals surface area contributed by atoms with Gasteiger partial charge in [0.15, 0.2) is 0 Å². The zero-order valence-corrected chi connectivity index (χ0v) is 13.8. The molecule has 0 saturated carbocycles. The monoisotopic (exact) mass is 328 g/mol. The first-order valence-corrected chi connectivity index (χ1v) is 8.48. The van der Waals surface area contributed by atoms with Crippen molar-refractivity contribution in [2.45, 2.75) is 38.0 Å². The topological polar surface area (TPSA) is 24.5 Å². The Morgan fingerprint density at radius 3 is 3.10 bits per heavy atom. The van der Waals surface area contributed by atoms with E-state index < -0.39 is 0 Å². The predicted octanol–water partition coefficient (Wildman–Crippen LogP) is 3.51. The highest BCUT2D eigenvalue weighted by atomic mass is 35.5. The molecule has 1 aromatic carbocycles. The summed E-state index contributed by atoms with van der Waals surface area (Å²) in [7, 11) is 0. The van der Waals surface area contributed by atoms with E-state index in [1.807, 2.05) is 18.2 Å². The van der Waals surface area contributed by atoms with Crippen LogP contribution in [0, 0.1) is 0 Å². The fourth-order valence-corrected chi connectivity index (χ4v) is 3.87. The van der Waals surface area contributed by atoms with E-state index in [0.29, 0.717) is 11.1 Å². The van der Waals surface area contributed by atoms with Crippen LogP contribution in [0.3, 0.4) is 0 Å². The summed E-state index contributed by atoms with van der Waals surface area (Å²) >= 11 is 12.5. The van der Waals surface area contributed by atoms with Crippen LogP contribution in [0.2, 0.25) is 10.0 Å². The number of fused-ring (bicyclic) bond motifs is 1. The van der Waals surface area contributed by atoms with E-state index in [0.717, 1.165) is 30.3 Å². The van der Waals surface area contributed by atoms with Crippen molar-refractivity contribution >= 4 is 23.2 Å². The van der Waals surface area contributed by atoms with Crippen LogP contribution in [0.5, 0.6) is 0 Å². The number of halogens is 2. The predicted molar refractivity (Wildman–Crippen MR) is 87.2 cm³/mol. The number of hydrogen-bond donors (Lipinski definition) is 1. The molecule has 5 heteroatoms. The molecule has 2 saturated heterocycles. The molecule has 0 spiro atoms. The molecule has 0 amide bonds. The van der Waals surface area contributed by atoms with Crippen LogP contribution in [0.25, 0.3) is 0 Å². The lowest BCUT2D eigenvalue weighted by molar-refractivity contribution is -0.0650. The molecule has 0 aromatic heterocycles. The molecule has 2 aliphatic heterocycles. The maximum atomic E-state index is 6.39. The van der Waals surface area contributed by atoms with Gasteiger partial charge in [-0.3, -0.25) is 4.90 Å². The van der Waals surface area contributed by atoms with E-state index in [2.05, 4.69) is 17.1 Å². The number of morpholine rings is 1. The summed E-state index contributed by atoms with van der Waals surface area (Å²) in [5.41, 5.74) is 1.04. The molecule has 3 unspecified atom stereocenters. The van der Waals surface area contributed by atoms with Crippen LogP contribution in [-0.2, 0) is 4.74 Å². The SMILES string of the molecule is CCNC(c1cc(Cl)ccc1Cl)C1CN2CCCC2CO1. The summed E-state index contributed by atoms with van der Waals surface area (Å²) < 4.78 is 6.15. The zero-order chi connectivity index (χ0) is 14.8. The van der Waals surface area contributed by atoms with Crippen LogP contribution in [0.1, 0.15) is 31.4 Å². The second-order valence-electron chi connectivity index (χ2n) is 5.86. The molecule has 0 radical (unpaired) electrons. The van der Waals surface area contributed by atoms with Crippen LogP contribution < -0.4 is 5.32 Å². The second kappa shape index (κ2) is 6.84. The Hall–Kier alpha value is -0.320. The number of nitrogens with zero attached hydrogens (tertiary/aromatic N) is 1. The number of ether oxygens (including phenoxy) is 1. The van der Waals surface area contributed by atoms with Crippen molar-refractivity contribution in [1.29, 1.82) is 0 Å². The smallest absolute Gasteiger partial charge is 0.0897 e. The van der Waals surface area contributed by atoms with Crippen LogP contribution >= 0.6 is 23.2 Å². The minimum Gasteiger partial charge on any atom is -0.373 e. The van der Waals surface area contributed by atoms with Gasteiger partial charge in [-0.05, 0) is 49.7 Å². The average Bonchev–Trinajstić information content (AvgIpc) is 2.95. The minimum atomic E-state index is 0.0859. The van der Waals surface area contributed by atoms with Gasteiger partial charge >= 0.3 is 0 Å². The van der Waals surface area contributed by atoms with Crippen LogP contribution in [0.15, 0.2) is 18.2 Å². The Kier molecular flexibility index (Phi) is 5.07. The summed E-state index contributed by atoms with van der Waals surface area (Å²) in [6.07, 6.45) is 2.66. The Bertz CT molecular complexity index is 497. The Morgan fingerprint density at radius 2 is 2.29 bits per heavy atom. The molecule has 0 bridgehead atoms. The summed E-state index contributed by atoms with van der Waals surface area (Å²) in [5.74, 6) is 0. The Morgan fingerprint density at radius 1 is 1.43 bits per heavy atom. The van der Waals surface area contributed by atoms with Gasteiger partial charge in [0, 0.05) is 22.6 Å². The molecule has 3 rings (SSSR count). The van der Waals surface area contributed by atoms with Crippen LogP contribution in [0.4, 0.5) is 0 Å². The van der Waals surface area contributed by atoms with E-state index >= 15 is 0 Å². The molecule has 3 nitrogen and oxygen atoms in total. The van der Waals surface area contributed by atoms with Gasteiger partial charge in [-0.2, -0.15) is 0 Å². The maximum absolute atomic E-state index is 6.39. The van der Waals surface area contributed by atoms with Gasteiger partial charge in [-0.15, -0.1) is 0 Å². The first-order chi connectivity index (χ1) is 10.2. The molecular weight excluding hydrogens is 307 g/mol. The molecule has 2 aliphatic rings. The average molecular weight is 329 g/mol. The maximum Gasteiger partial charge on any atom is 0.0897 e. The van der Waals surface area contributed by atoms with Gasteiger partial charge in [0.1, 0.15) is 0 Å². The van der Waals surface area contributed by atoms with Gasteiger partial charge in [0.05, 0.1) is 18.8 Å². The molecule has 1 aromatic rings. The summed E-state index contributed by atoms with van der Waals surface area (Å²) in [6.45, 7) is 5.95. The van der Waals surface area contributed by atoms with Crippen LogP contribution in [-0.4, -0.2) is 43.3 Å². The lowest BCUT2D eigenvalue weighted by Gasteiger charge is -2.39. The normalized spacial score (nSPS) is 27.6. The van der Waals surface area contributed by atoms with E-state index in [4.69, 9.17) is 27.9 Å². The van der Waals surface area contributed by atoms with Crippen molar-refractivity contribution in [2.75, 3.05) is 26.2 Å². The van der Waals surface area contributed by atoms with Crippen molar-refractivity contribution < 1.29 is 4.74 Å². The molecule has 2 fully saturated rings. The van der Waals surface area contributed by atoms with Crippen molar-refractivity contribution in [3.63, 3.8) is 0 Å². The van der Waals surface area contributed by atoms with E-state index in [9.17, 15) is 0 Å². The molecule has 1 N–H and O–H groups in total. The third-order valence-electron chi connectivity index (χ3n) is 4.51. The van der Waals surface area contributed by atoms with Gasteiger partial charge in [0.25, 0.3) is 0 Å². The highest BCUT2D eigenvalue weighted by molar-refractivity contribution is 6.33. The Balaban J connectivity index is 1.82. The van der Waals surface area contributed by atoms with Crippen molar-refractivity contribution in [1.82, 2.24) is 10.2 Å². The number of nitrogens with one attached hydrogen (secondary N) is 1. The molecule has 3 atom stereocenters. The Labute approximate surface area is 136 Å². The largest absolute Gasteiger partial charge is 0.373 e. The van der Waals surface area contributed by atoms with Gasteiger partial charge < -0.3 is 10.1 Å². The van der Waals surface area contributed by atoms with Gasteiger partial charge in [-0.25, -0.2) is 0 Å². The third-order valence-corrected chi connectivity index (χ3v) is 5.08. The zero-order valence-electron chi connectivity index (χ0n) is 12.3. The summed E-state index contributed by atoms with van der Waals surface area (Å²) in [5, 5.41) is 4.98. The highest BCUT2D eigenvalue weighted by Gasteiger charge is 2.36. The first-order valence-electron chi connectivity index (χ1n) is 7.73. The third kappa shape index (κ3) is 3.38. The molecule has 116 valence electrons. The van der Waals surface area contributed by atoms with Gasteiger partial charge in [0.2, 0.25) is 0 Å². The quantitative estimate of drug-likeness (QED) is 0.915. The van der Waals surface area contributed by atoms with Crippen molar-refractivity contribution in [3.05, 3.63) is 33.8 Å². The number of hydrogen-bond acceptors (Lipinski definition) is 3. The highest BCUT2D eigenvalue weighted by Crippen LogP contribution is 2.33. The van der Waals surface area contributed by atoms with E-state index in [-0.39, 0.29) is 12.1 Å². The summed E-state index contributed by atoms with van der Waals surface area (Å²) in [4.78, 5) is 2.55. The molecule has 21 heavy (non-hydrogen) atoms. The standard InChI is InChI=1S/C16H22Cl2N2O/c1-2-19-16(13-8-11(17)5-6-14(13)18)15-9-20-7-3-4-12(20)10-21-15/h5-6,8,12,15-16,19H,2-4,7,9-10H2,1H3. The van der Waals surface area contributed by atoms with E-state index in [1.54, 1.807) is 0 Å². The molecular formula is C16H22Cl2N2O. The molecule has 0 aliphatic carbocycles. The van der Waals surface area contributed by atoms with Crippen molar-refractivity contribution in [2.24, 2.45) is 0 Å². The minimum absolute atomic E-state index is 0.0859. The first kappa shape index (κ1) is 15.6. The summed E-state index contributed by atoms with van der Waals surface area (Å²) in [6, 6.07) is 6.34. The lowest BCUT2D eigenvalue weighted by atomic mass is 9.99. The van der Waals surface area contributed by atoms with Crippen molar-refractivity contribution in [3.8, 4) is 0 Å². The fraction of sp³-hybridized carbons (Fsp3) is 0.625. The molecule has 2 heterocycles. The second-order valence-corrected chi connectivity index (χ2v) is 6.71. The fourth-order valence-electron chi connectivity index (χ4n) is 3.46. The van der Waals surface area contributed by atoms with E-state index in [1.165, 1.54) is 19.4 Å².